The van der Waals surface area contributed by atoms with Crippen LogP contribution in [0.4, 0.5) is 0 Å². The number of benzene rings is 6. The summed E-state index contributed by atoms with van der Waals surface area (Å²) in [6.45, 7) is 13.2. The molecule has 6 aromatic rings. The highest BCUT2D eigenvalue weighted by molar-refractivity contribution is 9.11. The normalized spacial score (nSPS) is 11.3. The van der Waals surface area contributed by atoms with Crippen LogP contribution in [-0.4, -0.2) is 37.9 Å². The Labute approximate surface area is 503 Å². The van der Waals surface area contributed by atoms with Crippen molar-refractivity contribution in [3.63, 3.8) is 0 Å². The standard InChI is InChI=1S/C36H47BrO4.C35H45BrO4/c1-3-5-7-9-11-13-15-27-40-35-25-20-31(28-34(35)37)36(38)41-33-23-18-30(19-24-33)29-16-21-32(22-17-29)39-26-14-12-10-8-6-4-2;1-4-6-8-10-11-13-25-38-31-20-15-28(16-21-31)29-17-22-32(23-18-29)40-35(37)30-19-24-34(33(36)26-30)39-27(3)14-12-9-7-5-2/h16-25,28H,3-15,26-27H2,1-2H3;15-24,26-27H,4-14,25H2,1-3H3. The number of halogens is 2. The predicted molar refractivity (Wildman–Crippen MR) is 342 cm³/mol. The Bertz CT molecular complexity index is 2650. The molecule has 0 radical (unpaired) electrons. The van der Waals surface area contributed by atoms with E-state index in [9.17, 15) is 9.59 Å². The van der Waals surface area contributed by atoms with Gasteiger partial charge in [-0.3, -0.25) is 0 Å². The zero-order valence-corrected chi connectivity index (χ0v) is 52.6. The lowest BCUT2D eigenvalue weighted by molar-refractivity contribution is 0.0725. The molecule has 0 aliphatic rings. The highest BCUT2D eigenvalue weighted by atomic mass is 79.9. The van der Waals surface area contributed by atoms with Gasteiger partial charge in [0.25, 0.3) is 0 Å². The molecule has 1 unspecified atom stereocenters. The molecular formula is C71H92Br2O8. The minimum atomic E-state index is -0.403. The Kier molecular flexibility index (Phi) is 32.5. The summed E-state index contributed by atoms with van der Waals surface area (Å²) < 4.78 is 36.5. The third-order valence-electron chi connectivity index (χ3n) is 14.2. The molecule has 0 bridgehead atoms. The molecule has 6 aromatic carbocycles. The summed E-state index contributed by atoms with van der Waals surface area (Å²) in [4.78, 5) is 25.5. The number of esters is 2. The fourth-order valence-corrected chi connectivity index (χ4v) is 10.2. The fourth-order valence-electron chi connectivity index (χ4n) is 9.24. The maximum Gasteiger partial charge on any atom is 0.343 e. The minimum Gasteiger partial charge on any atom is -0.494 e. The van der Waals surface area contributed by atoms with Gasteiger partial charge in [0.05, 0.1) is 46.0 Å². The molecule has 0 spiro atoms. The van der Waals surface area contributed by atoms with E-state index in [0.29, 0.717) is 29.2 Å². The van der Waals surface area contributed by atoms with Crippen LogP contribution in [0.1, 0.15) is 209 Å². The number of ether oxygens (including phenoxy) is 6. The van der Waals surface area contributed by atoms with Crippen LogP contribution in [-0.2, 0) is 0 Å². The minimum absolute atomic E-state index is 0.123. The summed E-state index contributed by atoms with van der Waals surface area (Å²) in [7, 11) is 0. The topological polar surface area (TPSA) is 89.5 Å². The van der Waals surface area contributed by atoms with E-state index < -0.39 is 11.9 Å². The van der Waals surface area contributed by atoms with Crippen LogP contribution >= 0.6 is 31.9 Å². The van der Waals surface area contributed by atoms with Crippen LogP contribution in [0.3, 0.4) is 0 Å². The van der Waals surface area contributed by atoms with E-state index in [1.54, 1.807) is 24.3 Å². The summed E-state index contributed by atoms with van der Waals surface area (Å²) in [5.74, 6) is 3.49. The van der Waals surface area contributed by atoms with Crippen molar-refractivity contribution in [3.05, 3.63) is 154 Å². The van der Waals surface area contributed by atoms with E-state index in [0.717, 1.165) is 99.5 Å². The van der Waals surface area contributed by atoms with Gasteiger partial charge in [-0.15, -0.1) is 0 Å². The van der Waals surface area contributed by atoms with Gasteiger partial charge in [-0.25, -0.2) is 9.59 Å². The number of hydrogen-bond acceptors (Lipinski definition) is 8. The van der Waals surface area contributed by atoms with E-state index in [1.807, 2.05) is 84.9 Å². The van der Waals surface area contributed by atoms with E-state index >= 15 is 0 Å². The molecule has 6 rings (SSSR count). The van der Waals surface area contributed by atoms with Crippen LogP contribution in [0.25, 0.3) is 22.3 Å². The summed E-state index contributed by atoms with van der Waals surface area (Å²) in [6, 6.07) is 42.1. The molecule has 1 atom stereocenters. The molecule has 438 valence electrons. The van der Waals surface area contributed by atoms with Crippen LogP contribution < -0.4 is 28.4 Å². The first-order valence-electron chi connectivity index (χ1n) is 30.6. The van der Waals surface area contributed by atoms with Gasteiger partial charge in [0.1, 0.15) is 34.5 Å². The van der Waals surface area contributed by atoms with Crippen molar-refractivity contribution < 1.29 is 38.0 Å². The average Bonchev–Trinajstić information content (AvgIpc) is 3.48. The van der Waals surface area contributed by atoms with Crippen LogP contribution in [0.5, 0.6) is 34.5 Å². The van der Waals surface area contributed by atoms with Crippen molar-refractivity contribution in [1.82, 2.24) is 0 Å². The number of carbonyl (C=O) groups is 2. The predicted octanol–water partition coefficient (Wildman–Crippen LogP) is 22.0. The largest absolute Gasteiger partial charge is 0.494 e. The molecule has 0 saturated carbocycles. The first kappa shape index (κ1) is 66.2. The first-order chi connectivity index (χ1) is 39.6. The zero-order valence-electron chi connectivity index (χ0n) is 49.4. The van der Waals surface area contributed by atoms with E-state index in [2.05, 4.69) is 90.7 Å². The zero-order chi connectivity index (χ0) is 57.7. The lowest BCUT2D eigenvalue weighted by atomic mass is 10.1. The van der Waals surface area contributed by atoms with Crippen molar-refractivity contribution in [2.75, 3.05) is 19.8 Å². The molecule has 0 heterocycles. The molecule has 0 aliphatic heterocycles. The SMILES string of the molecule is CCCCCCCCCOc1ccc(C(=O)Oc2ccc(-c3ccc(OCCCCCCCC)cc3)cc2)cc1Br.CCCCCCCCOc1ccc(-c2ccc(OC(=O)c3ccc(OC(C)CCCCCC)c(Br)c3)cc2)cc1. The number of carbonyl (C=O) groups excluding carboxylic acids is 2. The first-order valence-corrected chi connectivity index (χ1v) is 32.2. The Morgan fingerprint density at radius 2 is 0.667 bits per heavy atom. The van der Waals surface area contributed by atoms with Crippen molar-refractivity contribution in [1.29, 1.82) is 0 Å². The molecule has 81 heavy (non-hydrogen) atoms. The van der Waals surface area contributed by atoms with Gasteiger partial charge >= 0.3 is 11.9 Å². The second kappa shape index (κ2) is 39.8. The lowest BCUT2D eigenvalue weighted by Gasteiger charge is -2.16. The van der Waals surface area contributed by atoms with E-state index in [4.69, 9.17) is 28.4 Å². The monoisotopic (exact) mass is 1230 g/mol. The summed E-state index contributed by atoms with van der Waals surface area (Å²) >= 11 is 7.09. The van der Waals surface area contributed by atoms with Gasteiger partial charge in [0.15, 0.2) is 0 Å². The third-order valence-corrected chi connectivity index (χ3v) is 15.4. The molecule has 0 amide bonds. The fraction of sp³-hybridized carbons (Fsp3) is 0.465. The maximum absolute atomic E-state index is 12.8. The smallest absolute Gasteiger partial charge is 0.343 e. The molecule has 8 nitrogen and oxygen atoms in total. The van der Waals surface area contributed by atoms with Crippen LogP contribution in [0.15, 0.2) is 142 Å². The van der Waals surface area contributed by atoms with Crippen molar-refractivity contribution in [2.24, 2.45) is 0 Å². The van der Waals surface area contributed by atoms with E-state index in [1.165, 1.54) is 122 Å². The quantitative estimate of drug-likeness (QED) is 0.0215. The number of rotatable bonds is 38. The number of unbranched alkanes of at least 4 members (excludes halogenated alkanes) is 19. The highest BCUT2D eigenvalue weighted by Gasteiger charge is 2.15. The molecular weight excluding hydrogens is 1140 g/mol. The summed E-state index contributed by atoms with van der Waals surface area (Å²) in [5, 5.41) is 0. The van der Waals surface area contributed by atoms with Gasteiger partial charge < -0.3 is 28.4 Å². The molecule has 10 heteroatoms. The van der Waals surface area contributed by atoms with Gasteiger partial charge in [0, 0.05) is 0 Å². The Morgan fingerprint density at radius 1 is 0.358 bits per heavy atom. The molecule has 0 saturated heterocycles. The second-order valence-corrected chi connectivity index (χ2v) is 22.9. The molecule has 0 aliphatic carbocycles. The van der Waals surface area contributed by atoms with Gasteiger partial charge in [0.2, 0.25) is 0 Å². The summed E-state index contributed by atoms with van der Waals surface area (Å²) in [6.07, 6.45) is 29.8. The van der Waals surface area contributed by atoms with E-state index in [-0.39, 0.29) is 6.10 Å². The molecule has 0 aromatic heterocycles. The Hall–Kier alpha value is -5.58. The average molecular weight is 1230 g/mol. The third kappa shape index (κ3) is 26.0. The van der Waals surface area contributed by atoms with Gasteiger partial charge in [-0.05, 0) is 178 Å². The Balaban J connectivity index is 0.000000297. The van der Waals surface area contributed by atoms with Gasteiger partial charge in [-0.2, -0.15) is 0 Å². The van der Waals surface area contributed by atoms with Crippen molar-refractivity contribution in [2.45, 2.75) is 195 Å². The van der Waals surface area contributed by atoms with Crippen LogP contribution in [0.2, 0.25) is 0 Å². The molecule has 0 N–H and O–H groups in total. The summed E-state index contributed by atoms with van der Waals surface area (Å²) in [5.41, 5.74) is 5.22. The number of hydrogen-bond donors (Lipinski definition) is 0. The lowest BCUT2D eigenvalue weighted by Crippen LogP contribution is -2.13. The van der Waals surface area contributed by atoms with Crippen molar-refractivity contribution in [3.8, 4) is 56.8 Å². The maximum atomic E-state index is 12.8. The van der Waals surface area contributed by atoms with Crippen LogP contribution in [0, 0.1) is 0 Å². The second-order valence-electron chi connectivity index (χ2n) is 21.1. The van der Waals surface area contributed by atoms with Gasteiger partial charge in [-0.1, -0.05) is 198 Å². The highest BCUT2D eigenvalue weighted by Crippen LogP contribution is 2.31. The van der Waals surface area contributed by atoms with Crippen molar-refractivity contribution >= 4 is 43.8 Å². The molecule has 0 fully saturated rings. The Morgan fingerprint density at radius 3 is 1.02 bits per heavy atom.